The zero-order chi connectivity index (χ0) is 22.5. The van der Waals surface area contributed by atoms with Gasteiger partial charge >= 0.3 is 0 Å². The summed E-state index contributed by atoms with van der Waals surface area (Å²) < 4.78 is 1.77. The van der Waals surface area contributed by atoms with Crippen molar-refractivity contribution >= 4 is 11.8 Å². The van der Waals surface area contributed by atoms with Crippen LogP contribution in [0.2, 0.25) is 0 Å². The zero-order valence-corrected chi connectivity index (χ0v) is 18.8. The number of rotatable bonds is 6. The molecule has 6 nitrogen and oxygen atoms in total. The Morgan fingerprint density at radius 2 is 1.75 bits per heavy atom. The summed E-state index contributed by atoms with van der Waals surface area (Å²) in [6, 6.07) is 18.6. The van der Waals surface area contributed by atoms with Gasteiger partial charge in [0.1, 0.15) is 5.69 Å². The lowest BCUT2D eigenvalue weighted by Gasteiger charge is -2.23. The highest BCUT2D eigenvalue weighted by molar-refractivity contribution is 5.93. The molecule has 1 aliphatic heterocycles. The first-order valence-electron chi connectivity index (χ1n) is 11.3. The standard InChI is InChI=1S/C26H30N4O2/c1-3-13-29-14-15-30(26(32)24-18-28(2)19-27-24)17-23(25(29)31)16-20-9-11-22(12-10-20)21-7-5-4-6-8-21/h4-12,18-19,23H,3,13-17H2,1-2H3/t23-/m1/s1. The third-order valence-corrected chi connectivity index (χ3v) is 5.99. The molecule has 1 aliphatic rings. The molecule has 0 spiro atoms. The summed E-state index contributed by atoms with van der Waals surface area (Å²) in [4.78, 5) is 34.3. The molecule has 0 unspecified atom stereocenters. The fraction of sp³-hybridized carbons (Fsp3) is 0.346. The molecule has 1 aromatic heterocycles. The SMILES string of the molecule is CCCN1CCN(C(=O)c2cn(C)cn2)C[C@@H](Cc2ccc(-c3ccccc3)cc2)C1=O. The first kappa shape index (κ1) is 21.8. The summed E-state index contributed by atoms with van der Waals surface area (Å²) >= 11 is 0. The number of carbonyl (C=O) groups excluding carboxylic acids is 2. The number of nitrogens with zero attached hydrogens (tertiary/aromatic N) is 4. The van der Waals surface area contributed by atoms with Crippen molar-refractivity contribution in [1.29, 1.82) is 0 Å². The molecule has 0 radical (unpaired) electrons. The number of carbonyl (C=O) groups is 2. The van der Waals surface area contributed by atoms with Crippen LogP contribution >= 0.6 is 0 Å². The number of amides is 2. The molecule has 2 heterocycles. The van der Waals surface area contributed by atoms with Gasteiger partial charge in [-0.3, -0.25) is 9.59 Å². The largest absolute Gasteiger partial charge is 0.341 e. The van der Waals surface area contributed by atoms with E-state index in [9.17, 15) is 9.59 Å². The summed E-state index contributed by atoms with van der Waals surface area (Å²) in [5.41, 5.74) is 3.86. The highest BCUT2D eigenvalue weighted by Gasteiger charge is 2.32. The lowest BCUT2D eigenvalue weighted by molar-refractivity contribution is -0.134. The Hall–Kier alpha value is -3.41. The Labute approximate surface area is 189 Å². The molecule has 2 aromatic carbocycles. The first-order valence-corrected chi connectivity index (χ1v) is 11.3. The fourth-order valence-electron chi connectivity index (χ4n) is 4.31. The number of hydrogen-bond donors (Lipinski definition) is 0. The summed E-state index contributed by atoms with van der Waals surface area (Å²) in [7, 11) is 1.85. The van der Waals surface area contributed by atoms with Crippen molar-refractivity contribution in [2.75, 3.05) is 26.2 Å². The molecule has 1 fully saturated rings. The van der Waals surface area contributed by atoms with Gasteiger partial charge in [0.05, 0.1) is 12.2 Å². The maximum atomic E-state index is 13.3. The van der Waals surface area contributed by atoms with E-state index in [1.54, 1.807) is 22.0 Å². The Morgan fingerprint density at radius 1 is 1.03 bits per heavy atom. The smallest absolute Gasteiger partial charge is 0.274 e. The van der Waals surface area contributed by atoms with Crippen molar-refractivity contribution in [1.82, 2.24) is 19.4 Å². The molecule has 2 amide bonds. The summed E-state index contributed by atoms with van der Waals surface area (Å²) in [6.07, 6.45) is 4.88. The summed E-state index contributed by atoms with van der Waals surface area (Å²) in [5, 5.41) is 0. The number of aromatic nitrogens is 2. The van der Waals surface area contributed by atoms with Crippen LogP contribution < -0.4 is 0 Å². The van der Waals surface area contributed by atoms with Gasteiger partial charge in [0, 0.05) is 39.4 Å². The maximum absolute atomic E-state index is 13.3. The van der Waals surface area contributed by atoms with Crippen LogP contribution in [-0.2, 0) is 18.3 Å². The second-order valence-corrected chi connectivity index (χ2v) is 8.46. The molecule has 6 heteroatoms. The number of aryl methyl sites for hydroxylation is 1. The first-order chi connectivity index (χ1) is 15.5. The second kappa shape index (κ2) is 9.81. The minimum absolute atomic E-state index is 0.110. The minimum Gasteiger partial charge on any atom is -0.341 e. The lowest BCUT2D eigenvalue weighted by Crippen LogP contribution is -2.38. The van der Waals surface area contributed by atoms with E-state index >= 15 is 0 Å². The van der Waals surface area contributed by atoms with E-state index in [0.29, 0.717) is 38.3 Å². The molecule has 166 valence electrons. The third kappa shape index (κ3) is 4.90. The highest BCUT2D eigenvalue weighted by Crippen LogP contribution is 2.23. The van der Waals surface area contributed by atoms with Gasteiger partial charge in [0.25, 0.3) is 5.91 Å². The number of imidazole rings is 1. The van der Waals surface area contributed by atoms with E-state index < -0.39 is 0 Å². The van der Waals surface area contributed by atoms with Crippen LogP contribution in [0.15, 0.2) is 67.1 Å². The van der Waals surface area contributed by atoms with Crippen LogP contribution in [-0.4, -0.2) is 57.3 Å². The molecule has 0 aliphatic carbocycles. The molecular formula is C26H30N4O2. The predicted octanol–water partition coefficient (Wildman–Crippen LogP) is 3.64. The van der Waals surface area contributed by atoms with Gasteiger partial charge < -0.3 is 14.4 Å². The van der Waals surface area contributed by atoms with Gasteiger partial charge in [-0.25, -0.2) is 4.98 Å². The van der Waals surface area contributed by atoms with Gasteiger partial charge in [-0.2, -0.15) is 0 Å². The molecule has 1 saturated heterocycles. The van der Waals surface area contributed by atoms with Crippen molar-refractivity contribution in [2.24, 2.45) is 13.0 Å². The second-order valence-electron chi connectivity index (χ2n) is 8.46. The molecule has 32 heavy (non-hydrogen) atoms. The Balaban J connectivity index is 1.53. The van der Waals surface area contributed by atoms with Crippen LogP contribution in [0.1, 0.15) is 29.4 Å². The maximum Gasteiger partial charge on any atom is 0.274 e. The van der Waals surface area contributed by atoms with E-state index in [1.807, 2.05) is 30.1 Å². The Morgan fingerprint density at radius 3 is 2.41 bits per heavy atom. The van der Waals surface area contributed by atoms with Gasteiger partial charge in [-0.1, -0.05) is 61.5 Å². The van der Waals surface area contributed by atoms with Crippen molar-refractivity contribution in [3.05, 3.63) is 78.4 Å². The summed E-state index contributed by atoms with van der Waals surface area (Å²) in [5.74, 6) is -0.240. The third-order valence-electron chi connectivity index (χ3n) is 5.99. The lowest BCUT2D eigenvalue weighted by atomic mass is 9.95. The van der Waals surface area contributed by atoms with Crippen molar-refractivity contribution in [2.45, 2.75) is 19.8 Å². The number of benzene rings is 2. The fourth-order valence-corrected chi connectivity index (χ4v) is 4.31. The van der Waals surface area contributed by atoms with E-state index in [-0.39, 0.29) is 17.7 Å². The van der Waals surface area contributed by atoms with Crippen LogP contribution in [0.25, 0.3) is 11.1 Å². The Kier molecular flexibility index (Phi) is 6.69. The number of hydrogen-bond acceptors (Lipinski definition) is 3. The van der Waals surface area contributed by atoms with E-state index in [0.717, 1.165) is 17.5 Å². The topological polar surface area (TPSA) is 58.4 Å². The van der Waals surface area contributed by atoms with Crippen LogP contribution in [0.4, 0.5) is 0 Å². The highest BCUT2D eigenvalue weighted by atomic mass is 16.2. The van der Waals surface area contributed by atoms with Gasteiger partial charge in [0.15, 0.2) is 0 Å². The molecule has 0 saturated carbocycles. The normalized spacial score (nSPS) is 16.8. The summed E-state index contributed by atoms with van der Waals surface area (Å²) in [6.45, 7) is 4.30. The average Bonchev–Trinajstić information content (AvgIpc) is 3.20. The average molecular weight is 431 g/mol. The van der Waals surface area contributed by atoms with Crippen LogP contribution in [0.3, 0.4) is 0 Å². The van der Waals surface area contributed by atoms with Crippen molar-refractivity contribution in [3.63, 3.8) is 0 Å². The van der Waals surface area contributed by atoms with E-state index in [2.05, 4.69) is 48.3 Å². The quantitative estimate of drug-likeness (QED) is 0.600. The molecule has 0 bridgehead atoms. The monoisotopic (exact) mass is 430 g/mol. The molecule has 0 N–H and O–H groups in total. The van der Waals surface area contributed by atoms with Crippen molar-refractivity contribution < 1.29 is 9.59 Å². The van der Waals surface area contributed by atoms with E-state index in [1.165, 1.54) is 5.56 Å². The van der Waals surface area contributed by atoms with E-state index in [4.69, 9.17) is 0 Å². The molecule has 1 atom stereocenters. The molecule has 3 aromatic rings. The molecular weight excluding hydrogens is 400 g/mol. The predicted molar refractivity (Wildman–Crippen MR) is 125 cm³/mol. The van der Waals surface area contributed by atoms with Crippen LogP contribution in [0, 0.1) is 5.92 Å². The molecule has 4 rings (SSSR count). The van der Waals surface area contributed by atoms with Crippen LogP contribution in [0.5, 0.6) is 0 Å². The van der Waals surface area contributed by atoms with Gasteiger partial charge in [-0.15, -0.1) is 0 Å². The Bertz CT molecular complexity index is 1060. The minimum atomic E-state index is -0.265. The van der Waals surface area contributed by atoms with Gasteiger partial charge in [-0.05, 0) is 29.5 Å². The van der Waals surface area contributed by atoms with Crippen molar-refractivity contribution in [3.8, 4) is 11.1 Å². The van der Waals surface area contributed by atoms with Gasteiger partial charge in [0.2, 0.25) is 5.91 Å². The zero-order valence-electron chi connectivity index (χ0n) is 18.8.